The van der Waals surface area contributed by atoms with E-state index >= 15 is 0 Å². The number of thiophene rings is 1. The van der Waals surface area contributed by atoms with E-state index in [4.69, 9.17) is 16.3 Å². The molecule has 0 saturated heterocycles. The summed E-state index contributed by atoms with van der Waals surface area (Å²) in [6.07, 6.45) is 0. The minimum absolute atomic E-state index is 0.318. The lowest BCUT2D eigenvalue weighted by molar-refractivity contribution is 0.312. The molecule has 8 heteroatoms. The van der Waals surface area contributed by atoms with Gasteiger partial charge in [0.1, 0.15) is 0 Å². The van der Waals surface area contributed by atoms with Crippen molar-refractivity contribution < 1.29 is 4.74 Å². The molecule has 0 unspecified atom stereocenters. The first-order chi connectivity index (χ1) is 9.62. The van der Waals surface area contributed by atoms with Gasteiger partial charge in [-0.3, -0.25) is 0 Å². The predicted molar refractivity (Wildman–Crippen MR) is 82.0 cm³/mol. The number of nitrogens with one attached hydrogen (secondary N) is 1. The Hall–Kier alpha value is -1.60. The Morgan fingerprint density at radius 1 is 1.35 bits per heavy atom. The van der Waals surface area contributed by atoms with E-state index in [0.717, 1.165) is 9.21 Å². The van der Waals surface area contributed by atoms with Gasteiger partial charge >= 0.3 is 6.01 Å². The Morgan fingerprint density at radius 3 is 2.75 bits per heavy atom. The van der Waals surface area contributed by atoms with Crippen LogP contribution in [0.15, 0.2) is 12.1 Å². The van der Waals surface area contributed by atoms with Crippen LogP contribution in [0, 0.1) is 0 Å². The van der Waals surface area contributed by atoms with Crippen molar-refractivity contribution in [1.29, 1.82) is 0 Å². The van der Waals surface area contributed by atoms with Gasteiger partial charge in [0.05, 0.1) is 17.5 Å². The molecule has 2 aromatic rings. The van der Waals surface area contributed by atoms with Crippen LogP contribution in [0.25, 0.3) is 0 Å². The number of hydrogen-bond acceptors (Lipinski definition) is 7. The van der Waals surface area contributed by atoms with Gasteiger partial charge in [-0.2, -0.15) is 15.0 Å². The van der Waals surface area contributed by atoms with Crippen LogP contribution in [0.3, 0.4) is 0 Å². The Kier molecular flexibility index (Phi) is 4.97. The van der Waals surface area contributed by atoms with Crippen molar-refractivity contribution in [3.05, 3.63) is 21.3 Å². The van der Waals surface area contributed by atoms with Crippen molar-refractivity contribution in [2.45, 2.75) is 13.5 Å². The Balaban J connectivity index is 2.19. The molecule has 108 valence electrons. The summed E-state index contributed by atoms with van der Waals surface area (Å²) < 4.78 is 6.12. The van der Waals surface area contributed by atoms with Gasteiger partial charge in [0.25, 0.3) is 0 Å². The molecular formula is C12H16ClN5OS. The fourth-order valence-corrected chi connectivity index (χ4v) is 2.70. The summed E-state index contributed by atoms with van der Waals surface area (Å²) in [7, 11) is 3.67. The van der Waals surface area contributed by atoms with E-state index in [9.17, 15) is 0 Å². The van der Waals surface area contributed by atoms with Crippen LogP contribution in [-0.4, -0.2) is 35.7 Å². The van der Waals surface area contributed by atoms with Crippen LogP contribution in [0.5, 0.6) is 6.01 Å². The van der Waals surface area contributed by atoms with Gasteiger partial charge < -0.3 is 15.0 Å². The lowest BCUT2D eigenvalue weighted by Crippen LogP contribution is -2.20. The third-order valence-electron chi connectivity index (χ3n) is 2.46. The molecule has 0 aromatic carbocycles. The van der Waals surface area contributed by atoms with Gasteiger partial charge in [-0.15, -0.1) is 11.3 Å². The summed E-state index contributed by atoms with van der Waals surface area (Å²) in [6, 6.07) is 4.19. The molecule has 0 fully saturated rings. The van der Waals surface area contributed by atoms with Crippen LogP contribution < -0.4 is 15.0 Å². The largest absolute Gasteiger partial charge is 0.464 e. The van der Waals surface area contributed by atoms with E-state index in [1.807, 2.05) is 31.0 Å². The van der Waals surface area contributed by atoms with Crippen LogP contribution in [0.2, 0.25) is 4.34 Å². The normalized spacial score (nSPS) is 10.4. The van der Waals surface area contributed by atoms with Crippen molar-refractivity contribution in [3.63, 3.8) is 0 Å². The van der Waals surface area contributed by atoms with Crippen LogP contribution in [0.4, 0.5) is 11.9 Å². The smallest absolute Gasteiger partial charge is 0.323 e. The Bertz CT molecular complexity index is 577. The molecule has 0 radical (unpaired) electrons. The highest BCUT2D eigenvalue weighted by Crippen LogP contribution is 2.24. The first-order valence-corrected chi connectivity index (χ1v) is 7.33. The summed E-state index contributed by atoms with van der Waals surface area (Å²) in [5.74, 6) is 1.03. The van der Waals surface area contributed by atoms with E-state index in [-0.39, 0.29) is 0 Å². The van der Waals surface area contributed by atoms with Gasteiger partial charge in [-0.05, 0) is 19.1 Å². The number of nitrogens with zero attached hydrogens (tertiary/aromatic N) is 4. The van der Waals surface area contributed by atoms with Gasteiger partial charge in [-0.1, -0.05) is 11.6 Å². The Morgan fingerprint density at radius 2 is 2.15 bits per heavy atom. The highest BCUT2D eigenvalue weighted by Gasteiger charge is 2.11. The summed E-state index contributed by atoms with van der Waals surface area (Å²) in [5.41, 5.74) is 0. The topological polar surface area (TPSA) is 63.2 Å². The lowest BCUT2D eigenvalue weighted by Gasteiger charge is -2.17. The zero-order valence-corrected chi connectivity index (χ0v) is 13.1. The lowest BCUT2D eigenvalue weighted by atomic mass is 10.4. The van der Waals surface area contributed by atoms with E-state index < -0.39 is 0 Å². The average Bonchev–Trinajstić information content (AvgIpc) is 2.84. The number of halogens is 1. The highest BCUT2D eigenvalue weighted by molar-refractivity contribution is 7.16. The fourth-order valence-electron chi connectivity index (χ4n) is 1.56. The molecule has 0 amide bonds. The molecule has 2 rings (SSSR count). The van der Waals surface area contributed by atoms with E-state index in [1.54, 1.807) is 18.4 Å². The second-order valence-corrected chi connectivity index (χ2v) is 5.79. The van der Waals surface area contributed by atoms with Gasteiger partial charge in [0.15, 0.2) is 0 Å². The molecule has 0 atom stereocenters. The SMILES string of the molecule is CCOc1nc(NC)nc(N(C)Cc2ccc(Cl)s2)n1. The second kappa shape index (κ2) is 6.71. The van der Waals surface area contributed by atoms with Crippen LogP contribution in [0.1, 0.15) is 11.8 Å². The third-order valence-corrected chi connectivity index (χ3v) is 3.68. The first-order valence-electron chi connectivity index (χ1n) is 6.14. The maximum atomic E-state index is 5.93. The Labute approximate surface area is 126 Å². The summed E-state index contributed by atoms with van der Waals surface area (Å²) in [5, 5.41) is 2.90. The van der Waals surface area contributed by atoms with Crippen LogP contribution in [-0.2, 0) is 6.54 Å². The van der Waals surface area contributed by atoms with Crippen molar-refractivity contribution in [3.8, 4) is 6.01 Å². The molecule has 0 aliphatic carbocycles. The molecule has 0 aliphatic heterocycles. The molecule has 0 bridgehead atoms. The predicted octanol–water partition coefficient (Wildman–Crippen LogP) is 2.66. The minimum atomic E-state index is 0.318. The number of hydrogen-bond donors (Lipinski definition) is 1. The molecule has 20 heavy (non-hydrogen) atoms. The molecule has 6 nitrogen and oxygen atoms in total. The zero-order chi connectivity index (χ0) is 14.5. The molecule has 2 heterocycles. The maximum absolute atomic E-state index is 5.93. The molecule has 0 aliphatic rings. The summed E-state index contributed by atoms with van der Waals surface area (Å²) in [4.78, 5) is 15.8. The molecule has 0 saturated carbocycles. The van der Waals surface area contributed by atoms with Gasteiger partial charge in [0, 0.05) is 19.0 Å². The van der Waals surface area contributed by atoms with Crippen molar-refractivity contribution in [2.75, 3.05) is 30.9 Å². The fraction of sp³-hybridized carbons (Fsp3) is 0.417. The van der Waals surface area contributed by atoms with Gasteiger partial charge in [-0.25, -0.2) is 0 Å². The molecule has 0 spiro atoms. The van der Waals surface area contributed by atoms with Crippen LogP contribution >= 0.6 is 22.9 Å². The monoisotopic (exact) mass is 313 g/mol. The third kappa shape index (κ3) is 3.71. The van der Waals surface area contributed by atoms with E-state index in [0.29, 0.717) is 31.1 Å². The standard InChI is InChI=1S/C12H16ClN5OS/c1-4-19-12-16-10(14-2)15-11(17-12)18(3)7-8-5-6-9(13)20-8/h5-6H,4,7H2,1-3H3,(H,14,15,16,17). The highest BCUT2D eigenvalue weighted by atomic mass is 35.5. The van der Waals surface area contributed by atoms with Gasteiger partial charge in [0.2, 0.25) is 11.9 Å². The number of ether oxygens (including phenoxy) is 1. The maximum Gasteiger partial charge on any atom is 0.323 e. The number of aromatic nitrogens is 3. The quantitative estimate of drug-likeness (QED) is 0.884. The van der Waals surface area contributed by atoms with Crippen molar-refractivity contribution >= 4 is 34.8 Å². The minimum Gasteiger partial charge on any atom is -0.464 e. The average molecular weight is 314 g/mol. The number of rotatable bonds is 6. The molecule has 1 N–H and O–H groups in total. The van der Waals surface area contributed by atoms with Crippen molar-refractivity contribution in [2.24, 2.45) is 0 Å². The number of anilines is 2. The second-order valence-electron chi connectivity index (χ2n) is 3.99. The molecular weight excluding hydrogens is 298 g/mol. The summed E-state index contributed by atoms with van der Waals surface area (Å²) in [6.45, 7) is 3.08. The summed E-state index contributed by atoms with van der Waals surface area (Å²) >= 11 is 7.47. The van der Waals surface area contributed by atoms with E-state index in [1.165, 1.54) is 0 Å². The zero-order valence-electron chi connectivity index (χ0n) is 11.6. The van der Waals surface area contributed by atoms with E-state index in [2.05, 4.69) is 20.3 Å². The molecule has 2 aromatic heterocycles. The van der Waals surface area contributed by atoms with Crippen molar-refractivity contribution in [1.82, 2.24) is 15.0 Å². The first kappa shape index (κ1) is 14.8.